The molecule has 2 N–H and O–H groups in total. The van der Waals surface area contributed by atoms with Crippen molar-refractivity contribution in [2.24, 2.45) is 0 Å². The first kappa shape index (κ1) is 16.2. The van der Waals surface area contributed by atoms with E-state index in [1.165, 1.54) is 0 Å². The van der Waals surface area contributed by atoms with Crippen LogP contribution in [0.1, 0.15) is 30.9 Å². The van der Waals surface area contributed by atoms with Gasteiger partial charge in [-0.2, -0.15) is 9.97 Å². The molecule has 0 aliphatic carbocycles. The van der Waals surface area contributed by atoms with Gasteiger partial charge in [0.25, 0.3) is 0 Å². The molecule has 3 aromatic rings. The highest BCUT2D eigenvalue weighted by Crippen LogP contribution is 2.31. The lowest BCUT2D eigenvalue weighted by Crippen LogP contribution is -2.16. The summed E-state index contributed by atoms with van der Waals surface area (Å²) in [5.41, 5.74) is 6.90. The number of nitrogens with two attached hydrogens (primary N) is 1. The summed E-state index contributed by atoms with van der Waals surface area (Å²) in [4.78, 5) is 12.4. The molecule has 0 spiro atoms. The van der Waals surface area contributed by atoms with E-state index in [-0.39, 0.29) is 30.0 Å². The molecule has 1 aliphatic heterocycles. The van der Waals surface area contributed by atoms with Gasteiger partial charge in [0.05, 0.1) is 19.0 Å². The number of aryl methyl sites for hydroxylation is 1. The molecule has 2 atom stereocenters. The second-order valence-corrected chi connectivity index (χ2v) is 6.06. The van der Waals surface area contributed by atoms with Gasteiger partial charge >= 0.3 is 0 Å². The van der Waals surface area contributed by atoms with Crippen LogP contribution in [0.15, 0.2) is 10.7 Å². The summed E-state index contributed by atoms with van der Waals surface area (Å²) in [5, 5.41) is 7.72. The number of halogens is 1. The number of ether oxygens (including phenoxy) is 2. The Hall–Kier alpha value is -2.30. The maximum Gasteiger partial charge on any atom is 0.242 e. The molecule has 4 rings (SSSR count). The Kier molecular flexibility index (Phi) is 4.24. The summed E-state index contributed by atoms with van der Waals surface area (Å²) in [6.45, 7) is 2.43. The zero-order valence-corrected chi connectivity index (χ0v) is 14.2. The molecule has 3 aromatic heterocycles. The van der Waals surface area contributed by atoms with Gasteiger partial charge in [-0.15, -0.1) is 10.2 Å². The van der Waals surface area contributed by atoms with Gasteiger partial charge in [0.15, 0.2) is 11.5 Å². The lowest BCUT2D eigenvalue weighted by atomic mass is 10.2. The summed E-state index contributed by atoms with van der Waals surface area (Å²) in [6.07, 6.45) is 3.05. The molecule has 0 bridgehead atoms. The Balaban J connectivity index is 1.39. The van der Waals surface area contributed by atoms with Crippen molar-refractivity contribution in [1.29, 1.82) is 0 Å². The van der Waals surface area contributed by atoms with Crippen LogP contribution in [0.4, 0.5) is 5.82 Å². The highest BCUT2D eigenvalue weighted by molar-refractivity contribution is 6.28. The van der Waals surface area contributed by atoms with Crippen LogP contribution in [-0.4, -0.2) is 42.4 Å². The first-order chi connectivity index (χ1) is 12.1. The number of nitrogen functional groups attached to an aromatic ring is 1. The van der Waals surface area contributed by atoms with Gasteiger partial charge in [0.1, 0.15) is 18.4 Å². The smallest absolute Gasteiger partial charge is 0.242 e. The standard InChI is InChI=1S/C14H16ClN7O3/c1-7-20-21-9(24-7)5-23-4-8-2-3-10(25-8)22-6-17-11-12(16)18-14(15)19-13(11)22/h6,8,10H,2-5H2,1H3,(H2,16,18,19)/t8-,10+/m0/s1. The summed E-state index contributed by atoms with van der Waals surface area (Å²) < 4.78 is 18.7. The van der Waals surface area contributed by atoms with E-state index in [0.717, 1.165) is 12.8 Å². The van der Waals surface area contributed by atoms with Crippen LogP contribution < -0.4 is 5.73 Å². The number of nitrogens with zero attached hydrogens (tertiary/aromatic N) is 6. The number of rotatable bonds is 5. The van der Waals surface area contributed by atoms with E-state index in [0.29, 0.717) is 29.6 Å². The quantitative estimate of drug-likeness (QED) is 0.671. The number of aromatic nitrogens is 6. The minimum absolute atomic E-state index is 0.0406. The summed E-state index contributed by atoms with van der Waals surface area (Å²) in [6, 6.07) is 0. The van der Waals surface area contributed by atoms with Crippen molar-refractivity contribution in [3.05, 3.63) is 23.4 Å². The zero-order valence-electron chi connectivity index (χ0n) is 13.4. The topological polar surface area (TPSA) is 127 Å². The summed E-state index contributed by atoms with van der Waals surface area (Å²) in [5.74, 6) is 1.22. The fourth-order valence-corrected chi connectivity index (χ4v) is 2.98. The third kappa shape index (κ3) is 3.28. The number of hydrogen-bond donors (Lipinski definition) is 1. The third-order valence-electron chi connectivity index (χ3n) is 3.91. The molecular weight excluding hydrogens is 350 g/mol. The third-order valence-corrected chi connectivity index (χ3v) is 4.08. The average molecular weight is 366 g/mol. The minimum atomic E-state index is -0.199. The van der Waals surface area contributed by atoms with E-state index in [4.69, 9.17) is 31.2 Å². The zero-order chi connectivity index (χ0) is 17.4. The minimum Gasteiger partial charge on any atom is -0.423 e. The van der Waals surface area contributed by atoms with Crippen molar-refractivity contribution in [2.75, 3.05) is 12.3 Å². The predicted molar refractivity (Wildman–Crippen MR) is 86.6 cm³/mol. The highest BCUT2D eigenvalue weighted by atomic mass is 35.5. The predicted octanol–water partition coefficient (Wildman–Crippen LogP) is 1.65. The Morgan fingerprint density at radius 3 is 3.04 bits per heavy atom. The van der Waals surface area contributed by atoms with E-state index in [1.807, 2.05) is 4.57 Å². The number of anilines is 1. The van der Waals surface area contributed by atoms with Crippen molar-refractivity contribution in [3.8, 4) is 0 Å². The van der Waals surface area contributed by atoms with Crippen LogP contribution in [0.2, 0.25) is 5.28 Å². The van der Waals surface area contributed by atoms with Gasteiger partial charge in [-0.25, -0.2) is 4.98 Å². The van der Waals surface area contributed by atoms with Gasteiger partial charge in [0.2, 0.25) is 17.1 Å². The molecule has 1 aliphatic rings. The van der Waals surface area contributed by atoms with Crippen LogP contribution in [0.25, 0.3) is 11.2 Å². The Labute approximate surface area is 147 Å². The van der Waals surface area contributed by atoms with E-state index >= 15 is 0 Å². The maximum absolute atomic E-state index is 6.02. The second-order valence-electron chi connectivity index (χ2n) is 5.72. The summed E-state index contributed by atoms with van der Waals surface area (Å²) in [7, 11) is 0. The molecule has 0 amide bonds. The van der Waals surface area contributed by atoms with Gasteiger partial charge in [0, 0.05) is 6.92 Å². The van der Waals surface area contributed by atoms with Crippen LogP contribution >= 0.6 is 11.6 Å². The number of fused-ring (bicyclic) bond motifs is 1. The number of imidazole rings is 1. The molecule has 1 fully saturated rings. The first-order valence-corrected chi connectivity index (χ1v) is 8.15. The molecular formula is C14H16ClN7O3. The lowest BCUT2D eigenvalue weighted by Gasteiger charge is -2.15. The monoisotopic (exact) mass is 365 g/mol. The molecule has 0 saturated carbocycles. The SMILES string of the molecule is Cc1nnc(COC[C@@H]2CC[C@H](n3cnc4c(N)nc(Cl)nc43)O2)o1. The van der Waals surface area contributed by atoms with Crippen molar-refractivity contribution >= 4 is 28.6 Å². The molecule has 4 heterocycles. The van der Waals surface area contributed by atoms with Crippen molar-refractivity contribution in [2.45, 2.75) is 38.7 Å². The van der Waals surface area contributed by atoms with Crippen molar-refractivity contribution < 1.29 is 13.9 Å². The van der Waals surface area contributed by atoms with E-state index < -0.39 is 0 Å². The largest absolute Gasteiger partial charge is 0.423 e. The first-order valence-electron chi connectivity index (χ1n) is 7.78. The van der Waals surface area contributed by atoms with Gasteiger partial charge in [-0.1, -0.05) is 0 Å². The highest BCUT2D eigenvalue weighted by Gasteiger charge is 2.28. The van der Waals surface area contributed by atoms with E-state index in [1.54, 1.807) is 13.3 Å². The van der Waals surface area contributed by atoms with E-state index in [9.17, 15) is 0 Å². The van der Waals surface area contributed by atoms with Gasteiger partial charge in [-0.3, -0.25) is 4.57 Å². The molecule has 0 aromatic carbocycles. The van der Waals surface area contributed by atoms with Gasteiger partial charge in [-0.05, 0) is 24.4 Å². The number of hydrogen-bond acceptors (Lipinski definition) is 9. The normalized spacial score (nSPS) is 20.6. The summed E-state index contributed by atoms with van der Waals surface area (Å²) >= 11 is 5.89. The fraction of sp³-hybridized carbons (Fsp3) is 0.500. The fourth-order valence-electron chi connectivity index (χ4n) is 2.81. The lowest BCUT2D eigenvalue weighted by molar-refractivity contribution is -0.0461. The molecule has 132 valence electrons. The molecule has 10 nitrogen and oxygen atoms in total. The average Bonchev–Trinajstić information content (AvgIpc) is 3.27. The second kappa shape index (κ2) is 6.54. The van der Waals surface area contributed by atoms with E-state index in [2.05, 4.69) is 25.1 Å². The molecule has 0 radical (unpaired) electrons. The Morgan fingerprint density at radius 1 is 1.36 bits per heavy atom. The van der Waals surface area contributed by atoms with Crippen molar-refractivity contribution in [1.82, 2.24) is 29.7 Å². The maximum atomic E-state index is 6.02. The molecule has 25 heavy (non-hydrogen) atoms. The Morgan fingerprint density at radius 2 is 2.24 bits per heavy atom. The Bertz CT molecular complexity index is 896. The van der Waals surface area contributed by atoms with Crippen LogP contribution in [-0.2, 0) is 16.1 Å². The molecule has 1 saturated heterocycles. The van der Waals surface area contributed by atoms with Crippen LogP contribution in [0.3, 0.4) is 0 Å². The molecule has 11 heteroatoms. The van der Waals surface area contributed by atoms with Crippen molar-refractivity contribution in [3.63, 3.8) is 0 Å². The van der Waals surface area contributed by atoms with Crippen LogP contribution in [0.5, 0.6) is 0 Å². The van der Waals surface area contributed by atoms with Crippen LogP contribution in [0, 0.1) is 6.92 Å². The molecule has 0 unspecified atom stereocenters. The van der Waals surface area contributed by atoms with Gasteiger partial charge < -0.3 is 19.6 Å².